The van der Waals surface area contributed by atoms with E-state index < -0.39 is 0 Å². The normalized spacial score (nSPS) is 18.1. The van der Waals surface area contributed by atoms with Crippen LogP contribution in [0.2, 0.25) is 0 Å². The minimum absolute atomic E-state index is 0.0412. The number of nitrogens with zero attached hydrogens (tertiary/aromatic N) is 3. The van der Waals surface area contributed by atoms with Crippen LogP contribution in [0, 0.1) is 0 Å². The number of amidine groups is 1. The Kier molecular flexibility index (Phi) is 3.99. The molecule has 2 heterocycles. The second kappa shape index (κ2) is 5.68. The molecule has 1 aliphatic rings. The van der Waals surface area contributed by atoms with Crippen LogP contribution >= 0.6 is 0 Å². The first-order chi connectivity index (χ1) is 8.76. The van der Waals surface area contributed by atoms with Crippen LogP contribution in [-0.2, 0) is 4.74 Å². The molecule has 0 aliphatic carbocycles. The van der Waals surface area contributed by atoms with Gasteiger partial charge in [-0.3, -0.25) is 4.98 Å². The Labute approximate surface area is 106 Å². The van der Waals surface area contributed by atoms with E-state index in [1.54, 1.807) is 13.3 Å². The monoisotopic (exact) mass is 250 g/mol. The molecule has 0 radical (unpaired) electrons. The maximum atomic E-state index is 8.78. The summed E-state index contributed by atoms with van der Waals surface area (Å²) in [6.07, 6.45) is 3.91. The van der Waals surface area contributed by atoms with Gasteiger partial charge in [0.1, 0.15) is 5.69 Å². The number of rotatable bonds is 3. The number of hydrogen-bond acceptors (Lipinski definition) is 5. The average molecular weight is 250 g/mol. The molecule has 0 unspecified atom stereocenters. The summed E-state index contributed by atoms with van der Waals surface area (Å²) in [6.45, 7) is 1.77. The van der Waals surface area contributed by atoms with Gasteiger partial charge in [0.25, 0.3) is 0 Å². The van der Waals surface area contributed by atoms with Gasteiger partial charge in [0.2, 0.25) is 0 Å². The summed E-state index contributed by atoms with van der Waals surface area (Å²) in [4.78, 5) is 6.37. The quantitative estimate of drug-likeness (QED) is 0.358. The molecule has 0 saturated carbocycles. The Morgan fingerprint density at radius 3 is 2.89 bits per heavy atom. The SMILES string of the molecule is COC1CCN(c2cccnc2/C(N)=N/O)CC1. The largest absolute Gasteiger partial charge is 0.409 e. The van der Waals surface area contributed by atoms with Crippen LogP contribution in [0.3, 0.4) is 0 Å². The third-order valence-electron chi connectivity index (χ3n) is 3.25. The molecule has 18 heavy (non-hydrogen) atoms. The molecule has 0 bridgehead atoms. The topological polar surface area (TPSA) is 84.0 Å². The van der Waals surface area contributed by atoms with Crippen LogP contribution < -0.4 is 10.6 Å². The van der Waals surface area contributed by atoms with E-state index in [-0.39, 0.29) is 5.84 Å². The second-order valence-corrected chi connectivity index (χ2v) is 4.28. The molecule has 0 amide bonds. The van der Waals surface area contributed by atoms with E-state index in [9.17, 15) is 0 Å². The summed E-state index contributed by atoms with van der Waals surface area (Å²) in [6, 6.07) is 3.79. The van der Waals surface area contributed by atoms with E-state index in [0.29, 0.717) is 11.8 Å². The molecule has 1 saturated heterocycles. The number of oxime groups is 1. The van der Waals surface area contributed by atoms with Crippen LogP contribution in [0.25, 0.3) is 0 Å². The first-order valence-electron chi connectivity index (χ1n) is 5.97. The molecule has 0 spiro atoms. The lowest BCUT2D eigenvalue weighted by Gasteiger charge is -2.33. The predicted molar refractivity (Wildman–Crippen MR) is 69.0 cm³/mol. The number of hydrogen-bond donors (Lipinski definition) is 2. The van der Waals surface area contributed by atoms with Crippen LogP contribution in [0.5, 0.6) is 0 Å². The zero-order chi connectivity index (χ0) is 13.0. The fraction of sp³-hybridized carbons (Fsp3) is 0.500. The minimum Gasteiger partial charge on any atom is -0.409 e. The van der Waals surface area contributed by atoms with Crippen LogP contribution in [0.4, 0.5) is 5.69 Å². The van der Waals surface area contributed by atoms with Crippen molar-refractivity contribution in [2.45, 2.75) is 18.9 Å². The van der Waals surface area contributed by atoms with Crippen molar-refractivity contribution in [3.8, 4) is 0 Å². The van der Waals surface area contributed by atoms with Gasteiger partial charge in [-0.15, -0.1) is 0 Å². The van der Waals surface area contributed by atoms with Crippen molar-refractivity contribution in [2.75, 3.05) is 25.1 Å². The summed E-state index contributed by atoms with van der Waals surface area (Å²) >= 11 is 0. The van der Waals surface area contributed by atoms with Gasteiger partial charge in [0.15, 0.2) is 5.84 Å². The Morgan fingerprint density at radius 2 is 2.28 bits per heavy atom. The smallest absolute Gasteiger partial charge is 0.190 e. The molecule has 1 aromatic rings. The van der Waals surface area contributed by atoms with Crippen LogP contribution in [0.1, 0.15) is 18.5 Å². The van der Waals surface area contributed by atoms with Crippen molar-refractivity contribution in [2.24, 2.45) is 10.9 Å². The van der Waals surface area contributed by atoms with Crippen molar-refractivity contribution < 1.29 is 9.94 Å². The minimum atomic E-state index is 0.0412. The van der Waals surface area contributed by atoms with Gasteiger partial charge in [0, 0.05) is 26.4 Å². The number of nitrogens with two attached hydrogens (primary N) is 1. The van der Waals surface area contributed by atoms with Crippen LogP contribution in [0.15, 0.2) is 23.5 Å². The van der Waals surface area contributed by atoms with Crippen molar-refractivity contribution >= 4 is 11.5 Å². The van der Waals surface area contributed by atoms with E-state index in [0.717, 1.165) is 31.6 Å². The Balaban J connectivity index is 2.19. The maximum absolute atomic E-state index is 8.78. The molecule has 0 aromatic carbocycles. The van der Waals surface area contributed by atoms with E-state index in [4.69, 9.17) is 15.7 Å². The number of piperidine rings is 1. The summed E-state index contributed by atoms with van der Waals surface area (Å²) in [7, 11) is 1.74. The first-order valence-corrected chi connectivity index (χ1v) is 5.97. The molecule has 1 aromatic heterocycles. The molecule has 3 N–H and O–H groups in total. The molecular weight excluding hydrogens is 232 g/mol. The van der Waals surface area contributed by atoms with Crippen molar-refractivity contribution in [3.63, 3.8) is 0 Å². The Hall–Kier alpha value is -1.82. The fourth-order valence-electron chi connectivity index (χ4n) is 2.23. The lowest BCUT2D eigenvalue weighted by atomic mass is 10.1. The predicted octanol–water partition coefficient (Wildman–Crippen LogP) is 0.791. The summed E-state index contributed by atoms with van der Waals surface area (Å²) in [5.41, 5.74) is 7.07. The zero-order valence-electron chi connectivity index (χ0n) is 10.4. The number of aromatic nitrogens is 1. The summed E-state index contributed by atoms with van der Waals surface area (Å²) < 4.78 is 5.34. The number of pyridine rings is 1. The van der Waals surface area contributed by atoms with E-state index in [2.05, 4.69) is 15.0 Å². The average Bonchev–Trinajstić information content (AvgIpc) is 2.46. The van der Waals surface area contributed by atoms with Gasteiger partial charge in [-0.05, 0) is 25.0 Å². The number of anilines is 1. The zero-order valence-corrected chi connectivity index (χ0v) is 10.4. The van der Waals surface area contributed by atoms with Gasteiger partial charge in [0.05, 0.1) is 11.8 Å². The Bertz CT molecular complexity index is 428. The highest BCUT2D eigenvalue weighted by molar-refractivity contribution is 6.00. The fourth-order valence-corrected chi connectivity index (χ4v) is 2.23. The van der Waals surface area contributed by atoms with Crippen molar-refractivity contribution in [3.05, 3.63) is 24.0 Å². The highest BCUT2D eigenvalue weighted by Gasteiger charge is 2.22. The highest BCUT2D eigenvalue weighted by Crippen LogP contribution is 2.23. The summed E-state index contributed by atoms with van der Waals surface area (Å²) in [5, 5.41) is 11.8. The van der Waals surface area contributed by atoms with Crippen molar-refractivity contribution in [1.82, 2.24) is 4.98 Å². The lowest BCUT2D eigenvalue weighted by Crippen LogP contribution is -2.38. The molecule has 0 atom stereocenters. The van der Waals surface area contributed by atoms with E-state index >= 15 is 0 Å². The molecule has 1 fully saturated rings. The van der Waals surface area contributed by atoms with Crippen LogP contribution in [-0.4, -0.2) is 42.3 Å². The highest BCUT2D eigenvalue weighted by atomic mass is 16.5. The summed E-state index contributed by atoms with van der Waals surface area (Å²) in [5.74, 6) is 0.0412. The molecule has 1 aliphatic heterocycles. The van der Waals surface area contributed by atoms with Gasteiger partial charge in [-0.1, -0.05) is 5.16 Å². The lowest BCUT2D eigenvalue weighted by molar-refractivity contribution is 0.0819. The Morgan fingerprint density at radius 1 is 1.56 bits per heavy atom. The first kappa shape index (κ1) is 12.6. The van der Waals surface area contributed by atoms with Gasteiger partial charge >= 0.3 is 0 Å². The van der Waals surface area contributed by atoms with Gasteiger partial charge in [-0.25, -0.2) is 0 Å². The maximum Gasteiger partial charge on any atom is 0.190 e. The molecule has 6 heteroatoms. The molecule has 2 rings (SSSR count). The van der Waals surface area contributed by atoms with Gasteiger partial charge in [-0.2, -0.15) is 0 Å². The number of ether oxygens (including phenoxy) is 1. The molecule has 6 nitrogen and oxygen atoms in total. The number of methoxy groups -OCH3 is 1. The van der Waals surface area contributed by atoms with E-state index in [1.807, 2.05) is 12.1 Å². The third kappa shape index (κ3) is 2.53. The standard InChI is InChI=1S/C12H18N4O2/c1-18-9-4-7-16(8-5-9)10-3-2-6-14-11(10)12(13)15-17/h2-3,6,9,17H,4-5,7-8H2,1H3,(H2,13,15). The second-order valence-electron chi connectivity index (χ2n) is 4.28. The third-order valence-corrected chi connectivity index (χ3v) is 3.25. The van der Waals surface area contributed by atoms with E-state index in [1.165, 1.54) is 0 Å². The van der Waals surface area contributed by atoms with Crippen molar-refractivity contribution in [1.29, 1.82) is 0 Å². The van der Waals surface area contributed by atoms with Gasteiger partial charge < -0.3 is 20.6 Å². The molecule has 98 valence electrons. The molecular formula is C12H18N4O2.